The van der Waals surface area contributed by atoms with Crippen LogP contribution in [-0.2, 0) is 9.53 Å². The van der Waals surface area contributed by atoms with Crippen LogP contribution in [-0.4, -0.2) is 77.6 Å². The minimum absolute atomic E-state index is 0.105. The van der Waals surface area contributed by atoms with Crippen molar-refractivity contribution in [2.45, 2.75) is 64.6 Å². The van der Waals surface area contributed by atoms with Crippen LogP contribution in [0.5, 0.6) is 0 Å². The second-order valence-corrected chi connectivity index (χ2v) is 8.62. The Hall–Kier alpha value is -1.30. The zero-order valence-electron chi connectivity index (χ0n) is 16.4. The summed E-state index contributed by atoms with van der Waals surface area (Å²) in [7, 11) is 0. The van der Waals surface area contributed by atoms with E-state index in [4.69, 9.17) is 4.74 Å². The van der Waals surface area contributed by atoms with Crippen LogP contribution in [0.3, 0.4) is 0 Å². The third-order valence-electron chi connectivity index (χ3n) is 7.36. The molecule has 2 amide bonds. The van der Waals surface area contributed by atoms with Crippen molar-refractivity contribution >= 4 is 12.0 Å². The summed E-state index contributed by atoms with van der Waals surface area (Å²) < 4.78 is 5.27. The summed E-state index contributed by atoms with van der Waals surface area (Å²) in [5, 5.41) is 0. The van der Waals surface area contributed by atoms with Gasteiger partial charge in [-0.2, -0.15) is 0 Å². The van der Waals surface area contributed by atoms with Crippen molar-refractivity contribution in [3.8, 4) is 0 Å². The SMILES string of the molecule is CCOC(=O)N1C2CCC1CC(N1C[C@@H]3[C@H](CN(CC)C(C)=O)[C@@H]3C1)C2. The van der Waals surface area contributed by atoms with Crippen molar-refractivity contribution in [3.63, 3.8) is 0 Å². The van der Waals surface area contributed by atoms with Crippen LogP contribution in [0.4, 0.5) is 4.79 Å². The van der Waals surface area contributed by atoms with E-state index in [-0.39, 0.29) is 12.0 Å². The monoisotopic (exact) mass is 363 g/mol. The van der Waals surface area contributed by atoms with Gasteiger partial charge in [-0.3, -0.25) is 9.69 Å². The van der Waals surface area contributed by atoms with Gasteiger partial charge in [0.25, 0.3) is 0 Å². The lowest BCUT2D eigenvalue weighted by Crippen LogP contribution is -2.52. The van der Waals surface area contributed by atoms with Gasteiger partial charge in [0.15, 0.2) is 0 Å². The first-order valence-electron chi connectivity index (χ1n) is 10.5. The normalized spacial score (nSPS) is 38.2. The summed E-state index contributed by atoms with van der Waals surface area (Å²) in [4.78, 5) is 30.6. The smallest absolute Gasteiger partial charge is 0.410 e. The molecule has 0 N–H and O–H groups in total. The van der Waals surface area contributed by atoms with Gasteiger partial charge in [0.2, 0.25) is 5.91 Å². The van der Waals surface area contributed by atoms with Crippen molar-refractivity contribution in [2.75, 3.05) is 32.8 Å². The molecule has 1 saturated carbocycles. The average molecular weight is 364 g/mol. The van der Waals surface area contributed by atoms with Gasteiger partial charge in [-0.15, -0.1) is 0 Å². The van der Waals surface area contributed by atoms with Crippen molar-refractivity contribution in [3.05, 3.63) is 0 Å². The molecule has 4 aliphatic rings. The molecule has 26 heavy (non-hydrogen) atoms. The van der Waals surface area contributed by atoms with Crippen LogP contribution in [0.15, 0.2) is 0 Å². The molecule has 6 nitrogen and oxygen atoms in total. The Kier molecular flexibility index (Phi) is 4.88. The van der Waals surface area contributed by atoms with E-state index < -0.39 is 0 Å². The molecule has 3 aliphatic heterocycles. The summed E-state index contributed by atoms with van der Waals surface area (Å²) >= 11 is 0. The van der Waals surface area contributed by atoms with Crippen molar-refractivity contribution in [1.29, 1.82) is 0 Å². The summed E-state index contributed by atoms with van der Waals surface area (Å²) in [5.41, 5.74) is 0. The molecule has 0 radical (unpaired) electrons. The van der Waals surface area contributed by atoms with Crippen molar-refractivity contribution in [2.24, 2.45) is 17.8 Å². The molecule has 0 spiro atoms. The fraction of sp³-hybridized carbons (Fsp3) is 0.900. The molecule has 146 valence electrons. The van der Waals surface area contributed by atoms with Crippen LogP contribution in [0.25, 0.3) is 0 Å². The average Bonchev–Trinajstić information content (AvgIpc) is 2.93. The molecule has 6 heteroatoms. The highest BCUT2D eigenvalue weighted by Crippen LogP contribution is 2.53. The van der Waals surface area contributed by atoms with Crippen LogP contribution in [0.2, 0.25) is 0 Å². The molecule has 2 unspecified atom stereocenters. The van der Waals surface area contributed by atoms with Gasteiger partial charge < -0.3 is 14.5 Å². The first kappa shape index (κ1) is 18.1. The molecule has 0 aromatic rings. The van der Waals surface area contributed by atoms with E-state index in [1.165, 1.54) is 13.1 Å². The Morgan fingerprint density at radius 3 is 2.15 bits per heavy atom. The Balaban J connectivity index is 1.29. The zero-order chi connectivity index (χ0) is 18.4. The number of carbonyl (C=O) groups is 2. The third-order valence-corrected chi connectivity index (χ3v) is 7.36. The topological polar surface area (TPSA) is 53.1 Å². The molecule has 4 rings (SSSR count). The molecule has 0 aromatic heterocycles. The largest absolute Gasteiger partial charge is 0.450 e. The Bertz CT molecular complexity index is 543. The van der Waals surface area contributed by atoms with E-state index in [0.29, 0.717) is 30.7 Å². The lowest BCUT2D eigenvalue weighted by Gasteiger charge is -2.42. The highest BCUT2D eigenvalue weighted by atomic mass is 16.6. The minimum Gasteiger partial charge on any atom is -0.450 e. The number of likely N-dealkylation sites (tertiary alicyclic amines) is 1. The number of carbonyl (C=O) groups excluding carboxylic acids is 2. The van der Waals surface area contributed by atoms with Gasteiger partial charge in [0.1, 0.15) is 0 Å². The van der Waals surface area contributed by atoms with Gasteiger partial charge in [-0.1, -0.05) is 0 Å². The fourth-order valence-corrected chi connectivity index (χ4v) is 5.93. The highest BCUT2D eigenvalue weighted by molar-refractivity contribution is 5.73. The Morgan fingerprint density at radius 2 is 1.65 bits per heavy atom. The van der Waals surface area contributed by atoms with E-state index >= 15 is 0 Å². The maximum atomic E-state index is 12.2. The molecule has 4 fully saturated rings. The lowest BCUT2D eigenvalue weighted by atomic mass is 9.96. The molecule has 0 aromatic carbocycles. The quantitative estimate of drug-likeness (QED) is 0.751. The van der Waals surface area contributed by atoms with E-state index in [9.17, 15) is 9.59 Å². The maximum Gasteiger partial charge on any atom is 0.410 e. The van der Waals surface area contributed by atoms with Crippen molar-refractivity contribution < 1.29 is 14.3 Å². The molecular formula is C20H33N3O3. The van der Waals surface area contributed by atoms with Gasteiger partial charge >= 0.3 is 6.09 Å². The van der Waals surface area contributed by atoms with Gasteiger partial charge in [0.05, 0.1) is 6.61 Å². The number of hydrogen-bond donors (Lipinski definition) is 0. The van der Waals surface area contributed by atoms with Crippen molar-refractivity contribution in [1.82, 2.24) is 14.7 Å². The van der Waals surface area contributed by atoms with Gasteiger partial charge in [0, 0.05) is 51.2 Å². The number of fused-ring (bicyclic) bond motifs is 3. The first-order valence-corrected chi connectivity index (χ1v) is 10.5. The second kappa shape index (κ2) is 7.02. The van der Waals surface area contributed by atoms with E-state index in [1.54, 1.807) is 6.92 Å². The maximum absolute atomic E-state index is 12.2. The van der Waals surface area contributed by atoms with E-state index in [1.807, 2.05) is 16.7 Å². The van der Waals surface area contributed by atoms with Crippen LogP contribution >= 0.6 is 0 Å². The lowest BCUT2D eigenvalue weighted by molar-refractivity contribution is -0.129. The fourth-order valence-electron chi connectivity index (χ4n) is 5.93. The van der Waals surface area contributed by atoms with E-state index in [2.05, 4.69) is 11.8 Å². The summed E-state index contributed by atoms with van der Waals surface area (Å²) in [6, 6.07) is 1.37. The number of hydrogen-bond acceptors (Lipinski definition) is 4. The molecular weight excluding hydrogens is 330 g/mol. The number of amides is 2. The number of ether oxygens (including phenoxy) is 1. The summed E-state index contributed by atoms with van der Waals surface area (Å²) in [5.74, 6) is 2.48. The molecule has 5 atom stereocenters. The van der Waals surface area contributed by atoms with Crippen LogP contribution in [0, 0.1) is 17.8 Å². The summed E-state index contributed by atoms with van der Waals surface area (Å²) in [6.07, 6.45) is 4.37. The molecule has 1 aliphatic carbocycles. The predicted molar refractivity (Wildman–Crippen MR) is 98.7 cm³/mol. The Labute approximate surface area is 156 Å². The van der Waals surface area contributed by atoms with Crippen LogP contribution < -0.4 is 0 Å². The molecule has 3 saturated heterocycles. The predicted octanol–water partition coefficient (Wildman–Crippen LogP) is 2.18. The van der Waals surface area contributed by atoms with Crippen LogP contribution in [0.1, 0.15) is 46.5 Å². The third kappa shape index (κ3) is 3.10. The number of nitrogens with zero attached hydrogens (tertiary/aromatic N) is 3. The second-order valence-electron chi connectivity index (χ2n) is 8.62. The molecule has 3 heterocycles. The number of rotatable bonds is 5. The number of piperidine rings is 2. The Morgan fingerprint density at radius 1 is 1.04 bits per heavy atom. The standard InChI is InChI=1S/C20H33N3O3/c1-4-21(13(3)24)10-17-18-11-22(12-19(17)18)16-8-14-6-7-15(9-16)23(14)20(25)26-5-2/h14-19H,4-12H2,1-3H3/t14?,15?,16?,17-,18+,19-. The van der Waals surface area contributed by atoms with Gasteiger partial charge in [-0.25, -0.2) is 4.79 Å². The highest BCUT2D eigenvalue weighted by Gasteiger charge is 2.58. The first-order chi connectivity index (χ1) is 12.5. The minimum atomic E-state index is -0.105. The summed E-state index contributed by atoms with van der Waals surface area (Å²) in [6.45, 7) is 10.2. The molecule has 2 bridgehead atoms. The van der Waals surface area contributed by atoms with Gasteiger partial charge in [-0.05, 0) is 57.3 Å². The zero-order valence-corrected chi connectivity index (χ0v) is 16.4. The van der Waals surface area contributed by atoms with E-state index in [0.717, 1.165) is 50.6 Å².